The number of carbonyl (C=O) groups excluding carboxylic acids is 1. The third-order valence-electron chi connectivity index (χ3n) is 3.79. The van der Waals surface area contributed by atoms with Gasteiger partial charge in [-0.25, -0.2) is 4.39 Å². The Balaban J connectivity index is 1.85. The van der Waals surface area contributed by atoms with Crippen molar-refractivity contribution in [1.82, 2.24) is 4.90 Å². The van der Waals surface area contributed by atoms with Gasteiger partial charge in [0.1, 0.15) is 5.82 Å². The molecule has 0 aliphatic heterocycles. The minimum Gasteiger partial charge on any atom is -0.493 e. The highest BCUT2D eigenvalue weighted by Crippen LogP contribution is 2.27. The van der Waals surface area contributed by atoms with Crippen molar-refractivity contribution in [1.29, 1.82) is 0 Å². The fourth-order valence-corrected chi connectivity index (χ4v) is 2.43. The van der Waals surface area contributed by atoms with Gasteiger partial charge in [0.15, 0.2) is 11.5 Å². The standard InChI is InChI=1S/C19H23FN2O3/c1-22(13-19(23)21-16-7-5-4-6-15(16)20)11-10-14-8-9-17(24-2)18(12-14)25-3/h4-9,12H,10-11,13H2,1-3H3,(H,21,23). The van der Waals surface area contributed by atoms with Crippen LogP contribution in [-0.4, -0.2) is 45.2 Å². The number of halogens is 1. The molecule has 134 valence electrons. The summed E-state index contributed by atoms with van der Waals surface area (Å²) in [4.78, 5) is 13.9. The first kappa shape index (κ1) is 18.7. The molecule has 0 fully saturated rings. The Morgan fingerprint density at radius 2 is 1.84 bits per heavy atom. The van der Waals surface area contributed by atoms with Gasteiger partial charge in [0.25, 0.3) is 0 Å². The first-order valence-corrected chi connectivity index (χ1v) is 7.97. The monoisotopic (exact) mass is 346 g/mol. The van der Waals surface area contributed by atoms with Crippen LogP contribution in [0.4, 0.5) is 10.1 Å². The molecule has 2 aromatic rings. The van der Waals surface area contributed by atoms with Crippen molar-refractivity contribution in [3.05, 3.63) is 53.8 Å². The number of rotatable bonds is 8. The van der Waals surface area contributed by atoms with Gasteiger partial charge < -0.3 is 14.8 Å². The van der Waals surface area contributed by atoms with Crippen LogP contribution in [0.1, 0.15) is 5.56 Å². The number of nitrogens with zero attached hydrogens (tertiary/aromatic N) is 1. The molecule has 0 bridgehead atoms. The molecule has 1 N–H and O–H groups in total. The lowest BCUT2D eigenvalue weighted by Crippen LogP contribution is -2.31. The fraction of sp³-hybridized carbons (Fsp3) is 0.316. The lowest BCUT2D eigenvalue weighted by Gasteiger charge is -2.17. The molecule has 6 heteroatoms. The predicted molar refractivity (Wildman–Crippen MR) is 95.8 cm³/mol. The van der Waals surface area contributed by atoms with Crippen LogP contribution in [0.15, 0.2) is 42.5 Å². The van der Waals surface area contributed by atoms with Gasteiger partial charge in [-0.05, 0) is 43.3 Å². The molecule has 1 amide bonds. The van der Waals surface area contributed by atoms with Crippen LogP contribution in [0.2, 0.25) is 0 Å². The molecule has 0 heterocycles. The van der Waals surface area contributed by atoms with E-state index in [-0.39, 0.29) is 18.1 Å². The highest BCUT2D eigenvalue weighted by molar-refractivity contribution is 5.92. The number of carbonyl (C=O) groups is 1. The van der Waals surface area contributed by atoms with E-state index in [1.165, 1.54) is 12.1 Å². The van der Waals surface area contributed by atoms with E-state index in [0.29, 0.717) is 18.0 Å². The summed E-state index contributed by atoms with van der Waals surface area (Å²) in [5.41, 5.74) is 1.28. The highest BCUT2D eigenvalue weighted by atomic mass is 19.1. The second-order valence-corrected chi connectivity index (χ2v) is 5.71. The van der Waals surface area contributed by atoms with Crippen LogP contribution < -0.4 is 14.8 Å². The minimum atomic E-state index is -0.441. The average Bonchev–Trinajstić information content (AvgIpc) is 2.61. The second-order valence-electron chi connectivity index (χ2n) is 5.71. The lowest BCUT2D eigenvalue weighted by molar-refractivity contribution is -0.117. The normalized spacial score (nSPS) is 10.6. The maximum Gasteiger partial charge on any atom is 0.238 e. The van der Waals surface area contributed by atoms with E-state index >= 15 is 0 Å². The molecule has 2 aromatic carbocycles. The molecule has 0 atom stereocenters. The van der Waals surface area contributed by atoms with Crippen molar-refractivity contribution in [3.8, 4) is 11.5 Å². The van der Waals surface area contributed by atoms with E-state index < -0.39 is 5.82 Å². The third-order valence-corrected chi connectivity index (χ3v) is 3.79. The molecular weight excluding hydrogens is 323 g/mol. The van der Waals surface area contributed by atoms with Gasteiger partial charge in [-0.15, -0.1) is 0 Å². The Morgan fingerprint density at radius 1 is 1.12 bits per heavy atom. The summed E-state index contributed by atoms with van der Waals surface area (Å²) in [6.45, 7) is 0.863. The van der Waals surface area contributed by atoms with Crippen LogP contribution in [0.5, 0.6) is 11.5 Å². The fourth-order valence-electron chi connectivity index (χ4n) is 2.43. The van der Waals surface area contributed by atoms with Crippen molar-refractivity contribution in [2.75, 3.05) is 39.7 Å². The number of likely N-dealkylation sites (N-methyl/N-ethyl adjacent to an activating group) is 1. The Bertz CT molecular complexity index is 722. The number of ether oxygens (including phenoxy) is 2. The lowest BCUT2D eigenvalue weighted by atomic mass is 10.1. The second kappa shape index (κ2) is 9.03. The summed E-state index contributed by atoms with van der Waals surface area (Å²) in [6.07, 6.45) is 0.754. The molecule has 0 aliphatic rings. The molecule has 0 saturated carbocycles. The van der Waals surface area contributed by atoms with Crippen molar-refractivity contribution < 1.29 is 18.7 Å². The molecule has 0 unspecified atom stereocenters. The number of anilines is 1. The Morgan fingerprint density at radius 3 is 2.52 bits per heavy atom. The number of hydrogen-bond donors (Lipinski definition) is 1. The Kier molecular flexibility index (Phi) is 6.77. The molecule has 0 saturated heterocycles. The van der Waals surface area contributed by atoms with Crippen LogP contribution in [0.25, 0.3) is 0 Å². The summed E-state index contributed by atoms with van der Waals surface area (Å²) in [6, 6.07) is 11.9. The number of hydrogen-bond acceptors (Lipinski definition) is 4. The van der Waals surface area contributed by atoms with E-state index in [2.05, 4.69) is 5.32 Å². The topological polar surface area (TPSA) is 50.8 Å². The molecule has 0 aromatic heterocycles. The zero-order valence-corrected chi connectivity index (χ0v) is 14.7. The Hall–Kier alpha value is -2.60. The summed E-state index contributed by atoms with van der Waals surface area (Å²) < 4.78 is 24.0. The molecular formula is C19H23FN2O3. The predicted octanol–water partition coefficient (Wildman–Crippen LogP) is 2.96. The number of amides is 1. The molecule has 0 radical (unpaired) electrons. The summed E-state index contributed by atoms with van der Waals surface area (Å²) in [5, 5.41) is 2.58. The van der Waals surface area contributed by atoms with Crippen LogP contribution in [0.3, 0.4) is 0 Å². The van der Waals surface area contributed by atoms with Crippen molar-refractivity contribution in [2.45, 2.75) is 6.42 Å². The number of para-hydroxylation sites is 1. The quantitative estimate of drug-likeness (QED) is 0.798. The zero-order chi connectivity index (χ0) is 18.2. The van der Waals surface area contributed by atoms with E-state index in [1.807, 2.05) is 30.1 Å². The van der Waals surface area contributed by atoms with E-state index in [0.717, 1.165) is 12.0 Å². The van der Waals surface area contributed by atoms with Gasteiger partial charge in [0.2, 0.25) is 5.91 Å². The van der Waals surface area contributed by atoms with Gasteiger partial charge in [-0.1, -0.05) is 18.2 Å². The third kappa shape index (κ3) is 5.46. The van der Waals surface area contributed by atoms with Crippen molar-refractivity contribution >= 4 is 11.6 Å². The molecule has 0 spiro atoms. The molecule has 0 aliphatic carbocycles. The van der Waals surface area contributed by atoms with Crippen LogP contribution in [-0.2, 0) is 11.2 Å². The van der Waals surface area contributed by atoms with Crippen molar-refractivity contribution in [2.24, 2.45) is 0 Å². The highest BCUT2D eigenvalue weighted by Gasteiger charge is 2.10. The number of nitrogens with one attached hydrogen (secondary N) is 1. The maximum atomic E-state index is 13.5. The van der Waals surface area contributed by atoms with Crippen LogP contribution >= 0.6 is 0 Å². The van der Waals surface area contributed by atoms with E-state index in [9.17, 15) is 9.18 Å². The van der Waals surface area contributed by atoms with Gasteiger partial charge in [0, 0.05) is 6.54 Å². The summed E-state index contributed by atoms with van der Waals surface area (Å²) >= 11 is 0. The molecule has 25 heavy (non-hydrogen) atoms. The minimum absolute atomic E-state index is 0.182. The van der Waals surface area contributed by atoms with Gasteiger partial charge in [0.05, 0.1) is 26.5 Å². The van der Waals surface area contributed by atoms with Crippen LogP contribution in [0, 0.1) is 5.82 Å². The summed E-state index contributed by atoms with van der Waals surface area (Å²) in [5.74, 6) is 0.674. The largest absolute Gasteiger partial charge is 0.493 e. The summed E-state index contributed by atoms with van der Waals surface area (Å²) in [7, 11) is 5.04. The smallest absolute Gasteiger partial charge is 0.238 e. The first-order valence-electron chi connectivity index (χ1n) is 7.97. The zero-order valence-electron chi connectivity index (χ0n) is 14.7. The van der Waals surface area contributed by atoms with E-state index in [1.54, 1.807) is 26.4 Å². The maximum absolute atomic E-state index is 13.5. The number of methoxy groups -OCH3 is 2. The van der Waals surface area contributed by atoms with Gasteiger partial charge in [-0.3, -0.25) is 9.69 Å². The SMILES string of the molecule is COc1ccc(CCN(C)CC(=O)Nc2ccccc2F)cc1OC. The average molecular weight is 346 g/mol. The van der Waals surface area contributed by atoms with E-state index in [4.69, 9.17) is 9.47 Å². The van der Waals surface area contributed by atoms with Crippen molar-refractivity contribution in [3.63, 3.8) is 0 Å². The molecule has 2 rings (SSSR count). The van der Waals surface area contributed by atoms with Gasteiger partial charge >= 0.3 is 0 Å². The van der Waals surface area contributed by atoms with Gasteiger partial charge in [-0.2, -0.15) is 0 Å². The first-order chi connectivity index (χ1) is 12.0. The number of benzene rings is 2. The molecule has 5 nitrogen and oxygen atoms in total. The Labute approximate surface area is 147 Å².